The van der Waals surface area contributed by atoms with Crippen molar-refractivity contribution in [1.29, 1.82) is 0 Å². The molecule has 5 heterocycles. The van der Waals surface area contributed by atoms with Crippen LogP contribution in [0.4, 0.5) is 0 Å². The number of rotatable bonds is 10. The normalized spacial score (nSPS) is 26.7. The van der Waals surface area contributed by atoms with E-state index in [1.807, 2.05) is 0 Å². The summed E-state index contributed by atoms with van der Waals surface area (Å²) in [6.45, 7) is 7.28. The van der Waals surface area contributed by atoms with Crippen LogP contribution in [0.2, 0.25) is 10.0 Å². The van der Waals surface area contributed by atoms with Crippen LogP contribution < -0.4 is 63.1 Å². The van der Waals surface area contributed by atoms with Crippen molar-refractivity contribution in [2.24, 2.45) is 35.3 Å². The zero-order valence-corrected chi connectivity index (χ0v) is 51.9. The van der Waals surface area contributed by atoms with Gasteiger partial charge in [-0.05, 0) is 151 Å². The molecule has 15 bridgehead atoms. The molecule has 5 aromatic carbocycles. The van der Waals surface area contributed by atoms with Crippen molar-refractivity contribution in [2.45, 2.75) is 119 Å². The highest BCUT2D eigenvalue weighted by Crippen LogP contribution is 2.54. The van der Waals surface area contributed by atoms with Gasteiger partial charge in [0, 0.05) is 30.3 Å². The van der Waals surface area contributed by atoms with Crippen LogP contribution in [0.15, 0.2) is 91.3 Å². The number of phenolic OH excluding ortho intramolecular Hbond substituents is 4. The number of ether oxygens (including phenoxy) is 2. The number of fused-ring (bicyclic) bond motifs is 15. The highest BCUT2D eigenvalue weighted by Gasteiger charge is 2.50. The van der Waals surface area contributed by atoms with E-state index in [1.54, 1.807) is 13.8 Å². The third-order valence-electron chi connectivity index (χ3n) is 18.1. The number of nitrogens with one attached hydrogen (secondary N) is 9. The second kappa shape index (κ2) is 26.3. The largest absolute Gasteiger partial charge is 0.508 e. The maximum Gasteiger partial charge on any atom is 0.248 e. The summed E-state index contributed by atoms with van der Waals surface area (Å²) in [5.41, 5.74) is 4.65. The van der Waals surface area contributed by atoms with Gasteiger partial charge in [-0.3, -0.25) is 38.4 Å². The van der Waals surface area contributed by atoms with Crippen LogP contribution in [0.25, 0.3) is 11.1 Å². The summed E-state index contributed by atoms with van der Waals surface area (Å²) < 4.78 is 12.5. The van der Waals surface area contributed by atoms with E-state index in [0.717, 1.165) is 62.4 Å². The van der Waals surface area contributed by atoms with Crippen LogP contribution in [0.5, 0.6) is 46.0 Å². The number of aromatic hydroxyl groups is 4. The van der Waals surface area contributed by atoms with Crippen molar-refractivity contribution in [3.63, 3.8) is 0 Å². The predicted molar refractivity (Wildman–Crippen MR) is 334 cm³/mol. The Kier molecular flexibility index (Phi) is 18.5. The minimum atomic E-state index is -2.17. The van der Waals surface area contributed by atoms with E-state index in [0.29, 0.717) is 11.8 Å². The molecular formula is C65H70Cl2N10O16. The topological polar surface area (TPSA) is 411 Å². The van der Waals surface area contributed by atoms with Gasteiger partial charge in [-0.2, -0.15) is 0 Å². The molecule has 28 heteroatoms. The minimum absolute atomic E-state index is 0.0505. The second-order valence-corrected chi connectivity index (χ2v) is 25.9. The molecule has 8 amide bonds. The number of amides is 8. The lowest BCUT2D eigenvalue weighted by atomic mass is 9.54. The van der Waals surface area contributed by atoms with Crippen LogP contribution in [-0.4, -0.2) is 115 Å². The van der Waals surface area contributed by atoms with Gasteiger partial charge in [0.2, 0.25) is 53.0 Å². The van der Waals surface area contributed by atoms with Crippen molar-refractivity contribution >= 4 is 70.5 Å². The lowest BCUT2D eigenvalue weighted by molar-refractivity contribution is -0.138. The summed E-state index contributed by atoms with van der Waals surface area (Å²) in [4.78, 5) is 119. The molecule has 9 atom stereocenters. The molecule has 0 spiro atoms. The van der Waals surface area contributed by atoms with E-state index in [2.05, 4.69) is 54.4 Å². The third-order valence-corrected chi connectivity index (χ3v) is 18.7. The van der Waals surface area contributed by atoms with Gasteiger partial charge >= 0.3 is 0 Å². The van der Waals surface area contributed by atoms with Crippen LogP contribution in [-0.2, 0) is 38.4 Å². The van der Waals surface area contributed by atoms with Crippen molar-refractivity contribution < 1.29 is 78.5 Å². The Hall–Kier alpha value is -9.34. The summed E-state index contributed by atoms with van der Waals surface area (Å²) in [5, 5.41) is 94.4. The predicted octanol–water partition coefficient (Wildman–Crippen LogP) is 4.31. The van der Waals surface area contributed by atoms with Gasteiger partial charge in [-0.1, -0.05) is 61.8 Å². The first-order valence-corrected chi connectivity index (χ1v) is 31.1. The van der Waals surface area contributed by atoms with E-state index in [1.165, 1.54) is 55.6 Å². The summed E-state index contributed by atoms with van der Waals surface area (Å²) in [5.74, 6) is -12.0. The van der Waals surface area contributed by atoms with E-state index >= 15 is 24.0 Å². The molecule has 17 N–H and O–H groups in total. The van der Waals surface area contributed by atoms with Gasteiger partial charge in [-0.15, -0.1) is 0 Å². The number of aliphatic hydroxyl groups is 2. The Labute approximate surface area is 542 Å². The molecule has 0 unspecified atom stereocenters. The van der Waals surface area contributed by atoms with Crippen molar-refractivity contribution in [3.05, 3.63) is 129 Å². The maximum atomic E-state index is 15.8. The van der Waals surface area contributed by atoms with Crippen molar-refractivity contribution in [2.75, 3.05) is 7.05 Å². The highest BCUT2D eigenvalue weighted by atomic mass is 35.5. The molecule has 0 radical (unpaired) electrons. The zero-order chi connectivity index (χ0) is 66.6. The van der Waals surface area contributed by atoms with E-state index in [9.17, 15) is 45.0 Å². The first-order valence-electron chi connectivity index (χ1n) is 30.3. The molecule has 5 aromatic rings. The number of benzene rings is 5. The minimum Gasteiger partial charge on any atom is -0.508 e. The van der Waals surface area contributed by atoms with Crippen LogP contribution in [0.3, 0.4) is 0 Å². The van der Waals surface area contributed by atoms with Crippen LogP contribution in [0.1, 0.15) is 117 Å². The second-order valence-electron chi connectivity index (χ2n) is 25.1. The molecule has 9 aliphatic rings. The maximum absolute atomic E-state index is 15.8. The average molecular weight is 1320 g/mol. The molecule has 14 rings (SSSR count). The number of phenols is 4. The molecule has 26 nitrogen and oxygen atoms in total. The molecule has 490 valence electrons. The highest BCUT2D eigenvalue weighted by molar-refractivity contribution is 6.32. The van der Waals surface area contributed by atoms with Gasteiger partial charge in [0.05, 0.1) is 28.3 Å². The molecule has 4 fully saturated rings. The summed E-state index contributed by atoms with van der Waals surface area (Å²) >= 11 is 13.8. The first kappa shape index (κ1) is 65.2. The molecule has 0 saturated heterocycles. The Morgan fingerprint density at radius 3 is 1.83 bits per heavy atom. The standard InChI is InChI=1S/C65H70Cl2N10O16/c1-25(2)11-40(68)59(85)76-54-56(82)30-6-9-44(38(66)18-30)92-46-20-34-21-47(58(46)84)93-45-10-7-31(19-39(45)67)57(83)55-65(91)75-53(63(89)72-50-32-13-27-12-28(15-32)16-33(50)14-27)37-22-35(78)23-43(80)49(37)36-17-29(5-8-42(36)79)51(61(87)77-55)74-62(88)52(34)73-60(86)41(71-64(54)90)24-48(81)70-26(3)69-4/h5-10,17-23,25,27-28,32-33,40-41,50-57,69,78-80,82-84H,3,11-16,24,68H2,1-2,4H3,(H,70,81)(H,71,90)(H,72,89)(H,73,86)(H,74,88)(H,75,91)(H,76,85)(H,77,87)/t27?,28?,32?,33?,40-,41+,50?,51-,52-,53+,54-,55+,56-,57-/m1/s1. The lowest BCUT2D eigenvalue weighted by Gasteiger charge is -2.54. The van der Waals surface area contributed by atoms with Crippen molar-refractivity contribution in [3.8, 4) is 57.1 Å². The Morgan fingerprint density at radius 2 is 1.23 bits per heavy atom. The van der Waals surface area contributed by atoms with E-state index in [4.69, 9.17) is 38.4 Å². The Morgan fingerprint density at radius 1 is 0.645 bits per heavy atom. The quantitative estimate of drug-likeness (QED) is 0.0926. The fourth-order valence-electron chi connectivity index (χ4n) is 13.8. The number of hydrogen-bond donors (Lipinski definition) is 16. The van der Waals surface area contributed by atoms with Crippen LogP contribution >= 0.6 is 23.2 Å². The number of carbonyl (C=O) groups is 8. The number of nitrogens with two attached hydrogens (primary N) is 1. The summed E-state index contributed by atoms with van der Waals surface area (Å²) in [7, 11) is 1.43. The lowest BCUT2D eigenvalue weighted by Crippen LogP contribution is -2.59. The molecule has 93 heavy (non-hydrogen) atoms. The zero-order valence-electron chi connectivity index (χ0n) is 50.4. The van der Waals surface area contributed by atoms with E-state index < -0.39 is 143 Å². The van der Waals surface area contributed by atoms with Gasteiger partial charge in [0.25, 0.3) is 0 Å². The molecule has 4 aliphatic carbocycles. The Bertz CT molecular complexity index is 3880. The smallest absolute Gasteiger partial charge is 0.248 e. The average Bonchev–Trinajstić information content (AvgIpc) is 0.785. The van der Waals surface area contributed by atoms with Crippen LogP contribution in [0, 0.1) is 29.6 Å². The number of carbonyl (C=O) groups excluding carboxylic acids is 8. The molecule has 4 saturated carbocycles. The first-order chi connectivity index (χ1) is 44.2. The fraction of sp³-hybridized carbons (Fsp3) is 0.385. The Balaban J connectivity index is 1.08. The van der Waals surface area contributed by atoms with Crippen molar-refractivity contribution in [1.82, 2.24) is 47.9 Å². The monoisotopic (exact) mass is 1320 g/mol. The molecule has 0 aromatic heterocycles. The fourth-order valence-corrected chi connectivity index (χ4v) is 14.3. The number of aliphatic hydroxyl groups excluding tert-OH is 2. The molecular weight excluding hydrogens is 1250 g/mol. The SMILES string of the molecule is C=C(NC)NC(=O)C[C@@H]1NC(=O)[C@H](NC(=O)[C@H](N)CC(C)C)[C@H](O)c2ccc(c(Cl)c2)Oc2cc3cc(c2O)Oc2ccc(cc2Cl)[C@@H](O)[C@@H]2NC(=O)[C@H](NC(=O)[C@@H]3NC1=O)c1ccc(O)c(c1)-c1c(O)cc(O)cc1[C@@H](C(=O)NC1C3CC4CC(C3)CC1C4)NC2=O. The van der Waals surface area contributed by atoms with Gasteiger partial charge in [-0.25, -0.2) is 0 Å². The van der Waals surface area contributed by atoms with Gasteiger partial charge in [0.1, 0.15) is 77.2 Å². The molecule has 5 aliphatic heterocycles. The number of hydrogen-bond acceptors (Lipinski definition) is 18. The van der Waals surface area contributed by atoms with E-state index in [-0.39, 0.29) is 96.5 Å². The summed E-state index contributed by atoms with van der Waals surface area (Å²) in [6.07, 6.45) is -0.197. The van der Waals surface area contributed by atoms with Gasteiger partial charge < -0.3 is 93.7 Å². The summed E-state index contributed by atoms with van der Waals surface area (Å²) in [6, 6.07) is 1.37. The number of halogens is 2. The third kappa shape index (κ3) is 13.5. The van der Waals surface area contributed by atoms with Gasteiger partial charge in [0.15, 0.2) is 11.5 Å².